The Kier molecular flexibility index (Phi) is 7.99. The molecule has 0 saturated heterocycles. The number of Topliss-reactive ketones (excluding diaryl/α,β-unsaturated/α-hetero) is 1. The van der Waals surface area contributed by atoms with Crippen LogP contribution in [0.5, 0.6) is 0 Å². The largest absolute Gasteiger partial charge is 0.350 e. The summed E-state index contributed by atoms with van der Waals surface area (Å²) in [5.74, 6) is -2.15. The third kappa shape index (κ3) is 7.44. The van der Waals surface area contributed by atoms with Crippen LogP contribution in [0.25, 0.3) is 0 Å². The Hall–Kier alpha value is -3.10. The number of hydrogen-bond donors (Lipinski definition) is 4. The molecule has 0 radical (unpaired) electrons. The lowest BCUT2D eigenvalue weighted by Crippen LogP contribution is -2.53. The molecule has 0 aromatic heterocycles. The van der Waals surface area contributed by atoms with Gasteiger partial charge in [0.2, 0.25) is 17.7 Å². The second-order valence-electron chi connectivity index (χ2n) is 7.06. The number of nitrogens with one attached hydrogen (secondary N) is 4. The van der Waals surface area contributed by atoms with Gasteiger partial charge < -0.3 is 21.4 Å². The van der Waals surface area contributed by atoms with E-state index >= 15 is 0 Å². The van der Waals surface area contributed by atoms with Gasteiger partial charge in [-0.1, -0.05) is 12.1 Å². The minimum absolute atomic E-state index is 0.0124. The number of ketones is 1. The Morgan fingerprint density at radius 2 is 1.79 bits per heavy atom. The molecule has 1 aliphatic carbocycles. The molecule has 9 heteroatoms. The number of carbonyl (C=O) groups excluding carboxylic acids is 4. The van der Waals surface area contributed by atoms with Crippen LogP contribution in [0.4, 0.5) is 4.39 Å². The summed E-state index contributed by atoms with van der Waals surface area (Å²) in [6.07, 6.45) is 2.20. The summed E-state index contributed by atoms with van der Waals surface area (Å²) in [7, 11) is 0. The van der Waals surface area contributed by atoms with Crippen molar-refractivity contribution in [3.05, 3.63) is 35.6 Å². The Bertz CT molecular complexity index is 777. The van der Waals surface area contributed by atoms with Crippen LogP contribution < -0.4 is 16.0 Å². The second kappa shape index (κ2) is 10.4. The number of halogens is 1. The molecule has 1 aromatic carbocycles. The molecule has 0 spiro atoms. The first-order chi connectivity index (χ1) is 13.8. The third-order valence-electron chi connectivity index (χ3n) is 4.55. The molecule has 2 atom stereocenters. The van der Waals surface area contributed by atoms with Crippen molar-refractivity contribution in [2.24, 2.45) is 5.92 Å². The first kappa shape index (κ1) is 22.2. The van der Waals surface area contributed by atoms with Gasteiger partial charge in [-0.2, -0.15) is 0 Å². The average Bonchev–Trinajstić information content (AvgIpc) is 3.55. The van der Waals surface area contributed by atoms with Crippen molar-refractivity contribution in [1.29, 1.82) is 5.41 Å². The second-order valence-corrected chi connectivity index (χ2v) is 7.06. The van der Waals surface area contributed by atoms with Crippen molar-refractivity contribution in [2.45, 2.75) is 51.2 Å². The Morgan fingerprint density at radius 1 is 1.14 bits per heavy atom. The van der Waals surface area contributed by atoms with E-state index in [9.17, 15) is 23.6 Å². The molecule has 0 aliphatic heterocycles. The smallest absolute Gasteiger partial charge is 0.242 e. The fourth-order valence-corrected chi connectivity index (χ4v) is 2.58. The van der Waals surface area contributed by atoms with Crippen LogP contribution in [0.3, 0.4) is 0 Å². The fourth-order valence-electron chi connectivity index (χ4n) is 2.58. The lowest BCUT2D eigenvalue weighted by Gasteiger charge is -2.21. The summed E-state index contributed by atoms with van der Waals surface area (Å²) in [6, 6.07) is 3.76. The van der Waals surface area contributed by atoms with Crippen molar-refractivity contribution in [2.75, 3.05) is 0 Å². The molecule has 3 amide bonds. The van der Waals surface area contributed by atoms with Gasteiger partial charge in [-0.3, -0.25) is 19.2 Å². The van der Waals surface area contributed by atoms with Gasteiger partial charge in [0.15, 0.2) is 5.78 Å². The highest BCUT2D eigenvalue weighted by Crippen LogP contribution is 2.28. The minimum atomic E-state index is -1.01. The van der Waals surface area contributed by atoms with Gasteiger partial charge in [-0.25, -0.2) is 4.39 Å². The van der Waals surface area contributed by atoms with E-state index in [0.717, 1.165) is 12.8 Å². The van der Waals surface area contributed by atoms with Gasteiger partial charge in [0.1, 0.15) is 17.9 Å². The monoisotopic (exact) mass is 404 g/mol. The first-order valence-electron chi connectivity index (χ1n) is 9.46. The molecule has 2 rings (SSSR count). The molecular weight excluding hydrogens is 379 g/mol. The summed E-state index contributed by atoms with van der Waals surface area (Å²) < 4.78 is 13.0. The van der Waals surface area contributed by atoms with Crippen LogP contribution in [0, 0.1) is 17.1 Å². The summed E-state index contributed by atoms with van der Waals surface area (Å²) in [6.45, 7) is 1.64. The molecular formula is C20H25FN4O4. The highest BCUT2D eigenvalue weighted by atomic mass is 19.1. The van der Waals surface area contributed by atoms with Crippen molar-refractivity contribution in [3.8, 4) is 0 Å². The summed E-state index contributed by atoms with van der Waals surface area (Å²) >= 11 is 0. The van der Waals surface area contributed by atoms with E-state index in [2.05, 4.69) is 16.0 Å². The predicted molar refractivity (Wildman–Crippen MR) is 104 cm³/mol. The summed E-state index contributed by atoms with van der Waals surface area (Å²) in [4.78, 5) is 48.1. The van der Waals surface area contributed by atoms with E-state index in [4.69, 9.17) is 5.41 Å². The zero-order valence-corrected chi connectivity index (χ0v) is 16.2. The van der Waals surface area contributed by atoms with Gasteiger partial charge in [-0.15, -0.1) is 0 Å². The van der Waals surface area contributed by atoms with Gasteiger partial charge >= 0.3 is 0 Å². The standard InChI is InChI=1S/C20H25FN4O4/c1-12(24-19(28)14-4-5-14)18(27)25-17(9-8-16(26)10-22)20(29)23-11-13-2-6-15(21)7-3-13/h2-3,6-7,10,12,14,17,22H,4-5,8-9,11H2,1H3,(H,23,29)(H,24,28)(H,25,27)/t12-,17-/m0/s1. The van der Waals surface area contributed by atoms with Crippen molar-refractivity contribution >= 4 is 29.7 Å². The van der Waals surface area contributed by atoms with Crippen LogP contribution in [0.15, 0.2) is 24.3 Å². The van der Waals surface area contributed by atoms with Crippen LogP contribution in [-0.4, -0.2) is 41.8 Å². The van der Waals surface area contributed by atoms with Crippen LogP contribution in [-0.2, 0) is 25.7 Å². The Morgan fingerprint density at radius 3 is 2.38 bits per heavy atom. The normalized spacial score (nSPS) is 15.0. The number of carbonyl (C=O) groups is 4. The van der Waals surface area contributed by atoms with Crippen molar-refractivity contribution < 1.29 is 23.6 Å². The molecule has 1 fully saturated rings. The van der Waals surface area contributed by atoms with Gasteiger partial charge in [0.05, 0.1) is 6.21 Å². The predicted octanol–water partition coefficient (Wildman–Crippen LogP) is 0.840. The van der Waals surface area contributed by atoms with E-state index in [1.54, 1.807) is 0 Å². The van der Waals surface area contributed by atoms with Crippen LogP contribution in [0.1, 0.15) is 38.2 Å². The van der Waals surface area contributed by atoms with E-state index in [0.29, 0.717) is 11.8 Å². The van der Waals surface area contributed by atoms with E-state index in [1.807, 2.05) is 0 Å². The molecule has 0 unspecified atom stereocenters. The molecule has 8 nitrogen and oxygen atoms in total. The molecule has 29 heavy (non-hydrogen) atoms. The molecule has 1 aromatic rings. The highest BCUT2D eigenvalue weighted by molar-refractivity contribution is 6.26. The maximum Gasteiger partial charge on any atom is 0.242 e. The molecule has 0 bridgehead atoms. The van der Waals surface area contributed by atoms with Gasteiger partial charge in [-0.05, 0) is 43.9 Å². The molecule has 0 heterocycles. The van der Waals surface area contributed by atoms with Crippen molar-refractivity contribution in [1.82, 2.24) is 16.0 Å². The van der Waals surface area contributed by atoms with E-state index in [1.165, 1.54) is 31.2 Å². The van der Waals surface area contributed by atoms with Crippen LogP contribution >= 0.6 is 0 Å². The maximum atomic E-state index is 13.0. The molecule has 4 N–H and O–H groups in total. The van der Waals surface area contributed by atoms with E-state index in [-0.39, 0.29) is 31.2 Å². The fraction of sp³-hybridized carbons (Fsp3) is 0.450. The molecule has 1 saturated carbocycles. The SMILES string of the molecule is C[C@H](NC(=O)C1CC1)C(=O)N[C@@H](CCC(=O)C=N)C(=O)NCc1ccc(F)cc1. The summed E-state index contributed by atoms with van der Waals surface area (Å²) in [5, 5.41) is 14.8. The van der Waals surface area contributed by atoms with Crippen LogP contribution in [0.2, 0.25) is 0 Å². The number of amides is 3. The zero-order valence-electron chi connectivity index (χ0n) is 16.2. The van der Waals surface area contributed by atoms with Gasteiger partial charge in [0.25, 0.3) is 0 Å². The topological polar surface area (TPSA) is 128 Å². The molecule has 1 aliphatic rings. The lowest BCUT2D eigenvalue weighted by atomic mass is 10.1. The van der Waals surface area contributed by atoms with E-state index < -0.39 is 35.5 Å². The lowest BCUT2D eigenvalue weighted by molar-refractivity contribution is -0.132. The average molecular weight is 404 g/mol. The quantitative estimate of drug-likeness (QED) is 0.408. The molecule has 156 valence electrons. The highest BCUT2D eigenvalue weighted by Gasteiger charge is 2.32. The number of benzene rings is 1. The first-order valence-corrected chi connectivity index (χ1v) is 9.46. The van der Waals surface area contributed by atoms with Crippen molar-refractivity contribution in [3.63, 3.8) is 0 Å². The Balaban J connectivity index is 1.94. The third-order valence-corrected chi connectivity index (χ3v) is 4.55. The number of hydrogen-bond acceptors (Lipinski definition) is 5. The zero-order chi connectivity index (χ0) is 21.4. The maximum absolute atomic E-state index is 13.0. The Labute approximate surface area is 168 Å². The minimum Gasteiger partial charge on any atom is -0.350 e. The summed E-state index contributed by atoms with van der Waals surface area (Å²) in [5.41, 5.74) is 0.672. The van der Waals surface area contributed by atoms with Gasteiger partial charge in [0, 0.05) is 18.9 Å². The number of rotatable bonds is 11.